The lowest BCUT2D eigenvalue weighted by Gasteiger charge is -2.21. The van der Waals surface area contributed by atoms with Gasteiger partial charge in [-0.1, -0.05) is 5.16 Å². The second-order valence-electron chi connectivity index (χ2n) is 5.49. The third-order valence-electron chi connectivity index (χ3n) is 2.25. The number of ether oxygens (including phenoxy) is 1. The third kappa shape index (κ3) is 5.64. The minimum atomic E-state index is -1.40. The monoisotopic (exact) mass is 298 g/mol. The Morgan fingerprint density at radius 1 is 1.43 bits per heavy atom. The van der Waals surface area contributed by atoms with Gasteiger partial charge in [0.1, 0.15) is 11.6 Å². The Labute approximate surface area is 121 Å². The number of carboxylic acids is 1. The van der Waals surface area contributed by atoms with Gasteiger partial charge in [0.05, 0.1) is 12.1 Å². The molecule has 1 aromatic heterocycles. The van der Waals surface area contributed by atoms with E-state index in [0.717, 1.165) is 0 Å². The lowest BCUT2D eigenvalue weighted by Crippen LogP contribution is -2.43. The molecule has 0 bridgehead atoms. The summed E-state index contributed by atoms with van der Waals surface area (Å²) in [6.07, 6.45) is -0.481. The Balaban J connectivity index is 2.68. The number of nitrogens with one attached hydrogen (secondary N) is 1. The van der Waals surface area contributed by atoms with Gasteiger partial charge >= 0.3 is 11.9 Å². The maximum absolute atomic E-state index is 11.8. The van der Waals surface area contributed by atoms with Crippen molar-refractivity contribution in [3.8, 4) is 0 Å². The molecule has 0 aliphatic rings. The molecule has 0 saturated heterocycles. The quantitative estimate of drug-likeness (QED) is 0.775. The molecule has 1 atom stereocenters. The molecular weight excluding hydrogens is 280 g/mol. The van der Waals surface area contributed by atoms with Crippen molar-refractivity contribution in [2.75, 3.05) is 0 Å². The summed E-state index contributed by atoms with van der Waals surface area (Å²) in [7, 11) is 0. The minimum absolute atomic E-state index is 0.122. The predicted octanol–water partition coefficient (Wildman–Crippen LogP) is 0.898. The van der Waals surface area contributed by atoms with Crippen molar-refractivity contribution < 1.29 is 28.8 Å². The number of esters is 1. The fourth-order valence-corrected chi connectivity index (χ4v) is 1.45. The van der Waals surface area contributed by atoms with E-state index in [2.05, 4.69) is 10.5 Å². The number of rotatable bonds is 5. The number of hydrogen-bond donors (Lipinski definition) is 2. The summed E-state index contributed by atoms with van der Waals surface area (Å²) >= 11 is 0. The van der Waals surface area contributed by atoms with Crippen LogP contribution in [-0.4, -0.2) is 39.8 Å². The molecule has 8 nitrogen and oxygen atoms in total. The van der Waals surface area contributed by atoms with Gasteiger partial charge in [-0.25, -0.2) is 4.79 Å². The molecule has 0 radical (unpaired) electrons. The van der Waals surface area contributed by atoms with Gasteiger partial charge in [0.15, 0.2) is 0 Å². The van der Waals surface area contributed by atoms with Gasteiger partial charge in [0.25, 0.3) is 5.91 Å². The fraction of sp³-hybridized carbons (Fsp3) is 0.538. The Kier molecular flexibility index (Phi) is 5.07. The predicted molar refractivity (Wildman–Crippen MR) is 70.6 cm³/mol. The van der Waals surface area contributed by atoms with E-state index in [-0.39, 0.29) is 5.76 Å². The van der Waals surface area contributed by atoms with E-state index in [1.54, 1.807) is 27.7 Å². The number of hydrogen-bond acceptors (Lipinski definition) is 6. The Morgan fingerprint density at radius 3 is 2.48 bits per heavy atom. The molecule has 0 aliphatic carbocycles. The van der Waals surface area contributed by atoms with Crippen LogP contribution in [0.5, 0.6) is 0 Å². The van der Waals surface area contributed by atoms with Crippen LogP contribution in [0.4, 0.5) is 0 Å². The van der Waals surface area contributed by atoms with E-state index in [1.165, 1.54) is 6.07 Å². The molecule has 1 rings (SSSR count). The maximum Gasteiger partial charge on any atom is 0.326 e. The van der Waals surface area contributed by atoms with E-state index in [1.807, 2.05) is 0 Å². The highest BCUT2D eigenvalue weighted by atomic mass is 16.6. The SMILES string of the molecule is Cc1cc(C(=O)N[C@@H](CC(=O)OC(C)(C)C)C(=O)O)on1. The summed E-state index contributed by atoms with van der Waals surface area (Å²) in [4.78, 5) is 34.5. The van der Waals surface area contributed by atoms with Gasteiger partial charge in [-0.05, 0) is 27.7 Å². The molecule has 1 aromatic rings. The second-order valence-corrected chi connectivity index (χ2v) is 5.49. The molecular formula is C13H18N2O6. The summed E-state index contributed by atoms with van der Waals surface area (Å²) in [5.74, 6) is -2.94. The van der Waals surface area contributed by atoms with Gasteiger partial charge in [0, 0.05) is 6.07 Å². The normalized spacial score (nSPS) is 12.6. The summed E-state index contributed by atoms with van der Waals surface area (Å²) in [6, 6.07) is -0.0420. The van der Waals surface area contributed by atoms with Crippen LogP contribution in [0.2, 0.25) is 0 Å². The van der Waals surface area contributed by atoms with Crippen molar-refractivity contribution in [3.05, 3.63) is 17.5 Å². The van der Waals surface area contributed by atoms with Gasteiger partial charge < -0.3 is 19.7 Å². The zero-order chi connectivity index (χ0) is 16.2. The average molecular weight is 298 g/mol. The number of aliphatic carboxylic acids is 1. The van der Waals surface area contributed by atoms with Crippen LogP contribution in [0.15, 0.2) is 10.6 Å². The van der Waals surface area contributed by atoms with Crippen molar-refractivity contribution in [1.82, 2.24) is 10.5 Å². The molecule has 1 amide bonds. The molecule has 8 heteroatoms. The number of aromatic nitrogens is 1. The Morgan fingerprint density at radius 2 is 2.05 bits per heavy atom. The first-order valence-electron chi connectivity index (χ1n) is 6.27. The summed E-state index contributed by atoms with van der Waals surface area (Å²) in [5.41, 5.74) is -0.245. The average Bonchev–Trinajstić information content (AvgIpc) is 2.72. The third-order valence-corrected chi connectivity index (χ3v) is 2.25. The topological polar surface area (TPSA) is 119 Å². The smallest absolute Gasteiger partial charge is 0.326 e. The number of carboxylic acid groups (broad SMARTS) is 1. The molecule has 116 valence electrons. The highest BCUT2D eigenvalue weighted by molar-refractivity contribution is 5.95. The molecule has 0 aliphatic heterocycles. The van der Waals surface area contributed by atoms with Crippen molar-refractivity contribution in [3.63, 3.8) is 0 Å². The molecule has 0 aromatic carbocycles. The summed E-state index contributed by atoms with van der Waals surface area (Å²) < 4.78 is 9.74. The molecule has 0 spiro atoms. The number of nitrogens with zero attached hydrogens (tertiary/aromatic N) is 1. The number of aryl methyl sites for hydroxylation is 1. The van der Waals surface area contributed by atoms with Crippen LogP contribution in [0.25, 0.3) is 0 Å². The van der Waals surface area contributed by atoms with E-state index in [9.17, 15) is 14.4 Å². The molecule has 1 heterocycles. The van der Waals surface area contributed by atoms with Crippen LogP contribution in [0.3, 0.4) is 0 Å². The summed E-state index contributed by atoms with van der Waals surface area (Å²) in [5, 5.41) is 14.8. The highest BCUT2D eigenvalue weighted by Gasteiger charge is 2.27. The van der Waals surface area contributed by atoms with Crippen molar-refractivity contribution in [2.24, 2.45) is 0 Å². The van der Waals surface area contributed by atoms with Gasteiger partial charge in [-0.15, -0.1) is 0 Å². The van der Waals surface area contributed by atoms with Crippen molar-refractivity contribution >= 4 is 17.8 Å². The first kappa shape index (κ1) is 16.7. The van der Waals surface area contributed by atoms with Crippen LogP contribution in [0, 0.1) is 6.92 Å². The Bertz CT molecular complexity index is 543. The van der Waals surface area contributed by atoms with Crippen molar-refractivity contribution in [1.29, 1.82) is 0 Å². The summed E-state index contributed by atoms with van der Waals surface area (Å²) in [6.45, 7) is 6.61. The van der Waals surface area contributed by atoms with Gasteiger partial charge in [-0.2, -0.15) is 0 Å². The van der Waals surface area contributed by atoms with Gasteiger partial charge in [0.2, 0.25) is 5.76 Å². The van der Waals surface area contributed by atoms with Crippen LogP contribution >= 0.6 is 0 Å². The molecule has 21 heavy (non-hydrogen) atoms. The lowest BCUT2D eigenvalue weighted by molar-refractivity contribution is -0.158. The number of amides is 1. The fourth-order valence-electron chi connectivity index (χ4n) is 1.45. The second kappa shape index (κ2) is 6.38. The number of carbonyl (C=O) groups excluding carboxylic acids is 2. The van der Waals surface area contributed by atoms with E-state index in [0.29, 0.717) is 5.69 Å². The zero-order valence-corrected chi connectivity index (χ0v) is 12.3. The molecule has 0 unspecified atom stereocenters. The van der Waals surface area contributed by atoms with E-state index in [4.69, 9.17) is 14.4 Å². The van der Waals surface area contributed by atoms with Crippen LogP contribution in [0.1, 0.15) is 43.4 Å². The standard InChI is InChI=1S/C13H18N2O6/c1-7-5-9(21-15-7)11(17)14-8(12(18)19)6-10(16)20-13(2,3)4/h5,8H,6H2,1-4H3,(H,14,17)(H,18,19)/t8-/m0/s1. The largest absolute Gasteiger partial charge is 0.480 e. The first-order chi connectivity index (χ1) is 9.58. The zero-order valence-electron chi connectivity index (χ0n) is 12.3. The van der Waals surface area contributed by atoms with Crippen LogP contribution in [-0.2, 0) is 14.3 Å². The van der Waals surface area contributed by atoms with E-state index >= 15 is 0 Å². The van der Waals surface area contributed by atoms with Crippen molar-refractivity contribution in [2.45, 2.75) is 45.8 Å². The van der Waals surface area contributed by atoms with Gasteiger partial charge in [-0.3, -0.25) is 9.59 Å². The highest BCUT2D eigenvalue weighted by Crippen LogP contribution is 2.10. The lowest BCUT2D eigenvalue weighted by atomic mass is 10.1. The minimum Gasteiger partial charge on any atom is -0.480 e. The maximum atomic E-state index is 11.8. The molecule has 2 N–H and O–H groups in total. The van der Waals surface area contributed by atoms with E-state index < -0.39 is 35.9 Å². The first-order valence-corrected chi connectivity index (χ1v) is 6.27. The molecule has 0 saturated carbocycles. The van der Waals surface area contributed by atoms with Crippen LogP contribution < -0.4 is 5.32 Å². The molecule has 0 fully saturated rings. The Hall–Kier alpha value is -2.38. The number of carbonyl (C=O) groups is 3.